The van der Waals surface area contributed by atoms with Gasteiger partial charge >= 0.3 is 0 Å². The van der Waals surface area contributed by atoms with Crippen LogP contribution in [-0.4, -0.2) is 54.8 Å². The summed E-state index contributed by atoms with van der Waals surface area (Å²) in [7, 11) is 1.96. The summed E-state index contributed by atoms with van der Waals surface area (Å²) in [5, 5.41) is 6.57. The molecule has 2 saturated carbocycles. The topological polar surface area (TPSA) is 119 Å². The lowest BCUT2D eigenvalue weighted by molar-refractivity contribution is -0.143. The molecule has 4 N–H and O–H groups in total. The molecule has 1 aromatic heterocycles. The van der Waals surface area contributed by atoms with Crippen molar-refractivity contribution in [2.75, 3.05) is 33.3 Å². The van der Waals surface area contributed by atoms with Gasteiger partial charge in [0, 0.05) is 30.5 Å². The van der Waals surface area contributed by atoms with Crippen molar-refractivity contribution in [2.45, 2.75) is 77.0 Å². The molecule has 2 aliphatic carbocycles. The Morgan fingerprint density at radius 3 is 2.83 bits per heavy atom. The lowest BCUT2D eigenvalue weighted by Crippen LogP contribution is -2.45. The minimum atomic E-state index is -0.883. The molecule has 0 unspecified atom stereocenters. The first kappa shape index (κ1) is 25.8. The van der Waals surface area contributed by atoms with Crippen molar-refractivity contribution in [2.24, 2.45) is 17.1 Å². The number of nitrogens with two attached hydrogens (primary N) is 1. The van der Waals surface area contributed by atoms with Crippen LogP contribution in [0.2, 0.25) is 0 Å². The highest BCUT2D eigenvalue weighted by molar-refractivity contribution is 6.17. The summed E-state index contributed by atoms with van der Waals surface area (Å²) >= 11 is 0. The number of nitrogens with zero attached hydrogens (tertiary/aromatic N) is 2. The summed E-state index contributed by atoms with van der Waals surface area (Å²) in [6, 6.07) is 1.92. The van der Waals surface area contributed by atoms with E-state index in [4.69, 9.17) is 15.5 Å². The molecule has 1 spiro atoms. The van der Waals surface area contributed by atoms with Gasteiger partial charge in [-0.15, -0.1) is 0 Å². The van der Waals surface area contributed by atoms with Crippen LogP contribution in [0.25, 0.3) is 5.70 Å². The van der Waals surface area contributed by atoms with Gasteiger partial charge in [0.2, 0.25) is 5.88 Å². The number of carbonyl (C=O) groups is 2. The van der Waals surface area contributed by atoms with E-state index in [0.29, 0.717) is 61.2 Å². The molecule has 0 aromatic carbocycles. The Labute approximate surface area is 208 Å². The maximum Gasteiger partial charge on any atom is 0.217 e. The van der Waals surface area contributed by atoms with E-state index in [1.54, 1.807) is 0 Å². The van der Waals surface area contributed by atoms with Gasteiger partial charge in [-0.3, -0.25) is 9.59 Å². The fourth-order valence-corrected chi connectivity index (χ4v) is 5.76. The summed E-state index contributed by atoms with van der Waals surface area (Å²) in [6.45, 7) is 5.53. The normalized spacial score (nSPS) is 27.3. The van der Waals surface area contributed by atoms with Crippen LogP contribution in [0.4, 0.5) is 0 Å². The van der Waals surface area contributed by atoms with Crippen molar-refractivity contribution < 1.29 is 14.3 Å². The first-order valence-electron chi connectivity index (χ1n) is 13.4. The standard InChI is InChI=1S/C27H41N5O3/c1-18(7-6-13-29-2)17-35-23-15-21(19-10-14-30-16-19)31-26(32-23)24(28)20-8-5-12-27(25(20)34)11-4-3-9-22(27)33/h15,18-19,29-30H,3-14,16-17,28H2,1-2H3/b24-20-/t18-,19-,27+/m0/s1. The Balaban J connectivity index is 1.61. The molecule has 192 valence electrons. The summed E-state index contributed by atoms with van der Waals surface area (Å²) in [6.07, 6.45) is 8.04. The lowest BCUT2D eigenvalue weighted by Gasteiger charge is -2.38. The van der Waals surface area contributed by atoms with Gasteiger partial charge in [-0.1, -0.05) is 13.3 Å². The molecule has 3 fully saturated rings. The highest BCUT2D eigenvalue weighted by Gasteiger charge is 2.49. The number of ether oxygens (including phenoxy) is 1. The molecular formula is C27H41N5O3. The fourth-order valence-electron chi connectivity index (χ4n) is 5.76. The molecular weight excluding hydrogens is 442 g/mol. The predicted molar refractivity (Wildman–Crippen MR) is 136 cm³/mol. The Hall–Kier alpha value is -2.32. The van der Waals surface area contributed by atoms with Crippen molar-refractivity contribution in [3.63, 3.8) is 0 Å². The molecule has 0 amide bonds. The molecule has 3 aliphatic rings. The Kier molecular flexibility index (Phi) is 8.55. The number of ketones is 2. The van der Waals surface area contributed by atoms with Crippen LogP contribution in [-0.2, 0) is 9.59 Å². The third-order valence-electron chi connectivity index (χ3n) is 7.94. The molecule has 1 aliphatic heterocycles. The third kappa shape index (κ3) is 5.75. The van der Waals surface area contributed by atoms with E-state index in [2.05, 4.69) is 22.5 Å². The van der Waals surface area contributed by atoms with E-state index in [9.17, 15) is 9.59 Å². The number of hydrogen-bond donors (Lipinski definition) is 3. The highest BCUT2D eigenvalue weighted by Crippen LogP contribution is 2.45. The lowest BCUT2D eigenvalue weighted by atomic mass is 9.62. The smallest absolute Gasteiger partial charge is 0.217 e. The Morgan fingerprint density at radius 1 is 1.26 bits per heavy atom. The van der Waals surface area contributed by atoms with Gasteiger partial charge in [0.15, 0.2) is 11.6 Å². The van der Waals surface area contributed by atoms with Crippen molar-refractivity contribution in [3.05, 3.63) is 23.2 Å². The average molecular weight is 484 g/mol. The molecule has 1 saturated heterocycles. The number of carbonyl (C=O) groups excluding carboxylic acids is 2. The first-order valence-corrected chi connectivity index (χ1v) is 13.4. The van der Waals surface area contributed by atoms with Crippen molar-refractivity contribution in [1.82, 2.24) is 20.6 Å². The predicted octanol–water partition coefficient (Wildman–Crippen LogP) is 3.12. The number of allylic oxidation sites excluding steroid dienone is 1. The quantitative estimate of drug-likeness (QED) is 0.278. The average Bonchev–Trinajstić information content (AvgIpc) is 3.41. The molecule has 8 nitrogen and oxygen atoms in total. The molecule has 2 heterocycles. The van der Waals surface area contributed by atoms with Crippen LogP contribution < -0.4 is 21.1 Å². The maximum atomic E-state index is 13.6. The largest absolute Gasteiger partial charge is 0.477 e. The summed E-state index contributed by atoms with van der Waals surface area (Å²) in [5.41, 5.74) is 7.47. The van der Waals surface area contributed by atoms with E-state index >= 15 is 0 Å². The third-order valence-corrected chi connectivity index (χ3v) is 7.94. The Morgan fingerprint density at radius 2 is 2.09 bits per heavy atom. The van der Waals surface area contributed by atoms with Crippen molar-refractivity contribution >= 4 is 17.3 Å². The van der Waals surface area contributed by atoms with E-state index in [-0.39, 0.29) is 17.5 Å². The summed E-state index contributed by atoms with van der Waals surface area (Å²) in [5.74, 6) is 1.51. The van der Waals surface area contributed by atoms with E-state index in [0.717, 1.165) is 63.9 Å². The molecule has 0 bridgehead atoms. The van der Waals surface area contributed by atoms with Crippen LogP contribution >= 0.6 is 0 Å². The van der Waals surface area contributed by atoms with E-state index in [1.165, 1.54) is 0 Å². The molecule has 4 rings (SSSR count). The number of nitrogens with one attached hydrogen (secondary N) is 2. The molecule has 35 heavy (non-hydrogen) atoms. The van der Waals surface area contributed by atoms with Crippen LogP contribution in [0, 0.1) is 11.3 Å². The molecule has 3 atom stereocenters. The van der Waals surface area contributed by atoms with Crippen molar-refractivity contribution in [3.8, 4) is 5.88 Å². The first-order chi connectivity index (χ1) is 16.9. The highest BCUT2D eigenvalue weighted by atomic mass is 16.5. The maximum absolute atomic E-state index is 13.6. The van der Waals surface area contributed by atoms with Gasteiger partial charge in [-0.05, 0) is 77.4 Å². The van der Waals surface area contributed by atoms with E-state index < -0.39 is 5.41 Å². The monoisotopic (exact) mass is 483 g/mol. The minimum absolute atomic E-state index is 0.0849. The van der Waals surface area contributed by atoms with Crippen LogP contribution in [0.5, 0.6) is 5.88 Å². The van der Waals surface area contributed by atoms with Gasteiger partial charge in [-0.2, -0.15) is 4.98 Å². The number of rotatable bonds is 9. The van der Waals surface area contributed by atoms with Gasteiger partial charge in [0.1, 0.15) is 5.78 Å². The number of Topliss-reactive ketones (excluding diaryl/α,β-unsaturated/α-hetero) is 2. The molecule has 8 heteroatoms. The van der Waals surface area contributed by atoms with Gasteiger partial charge in [0.25, 0.3) is 0 Å². The van der Waals surface area contributed by atoms with E-state index in [1.807, 2.05) is 13.1 Å². The van der Waals surface area contributed by atoms with Gasteiger partial charge in [0.05, 0.1) is 23.4 Å². The second kappa shape index (κ2) is 11.6. The second-order valence-electron chi connectivity index (χ2n) is 10.6. The fraction of sp³-hybridized carbons (Fsp3) is 0.704. The molecule has 1 aromatic rings. The Bertz CT molecular complexity index is 952. The minimum Gasteiger partial charge on any atom is -0.477 e. The zero-order valence-electron chi connectivity index (χ0n) is 21.3. The van der Waals surface area contributed by atoms with Crippen molar-refractivity contribution in [1.29, 1.82) is 0 Å². The zero-order valence-corrected chi connectivity index (χ0v) is 21.3. The second-order valence-corrected chi connectivity index (χ2v) is 10.6. The van der Waals surface area contributed by atoms with Crippen LogP contribution in [0.15, 0.2) is 11.6 Å². The summed E-state index contributed by atoms with van der Waals surface area (Å²) in [4.78, 5) is 36.0. The number of hydrogen-bond acceptors (Lipinski definition) is 8. The molecule has 0 radical (unpaired) electrons. The zero-order chi connectivity index (χ0) is 24.8. The number of aromatic nitrogens is 2. The van der Waals surface area contributed by atoms with Crippen LogP contribution in [0.1, 0.15) is 88.6 Å². The summed E-state index contributed by atoms with van der Waals surface area (Å²) < 4.78 is 6.12. The van der Waals surface area contributed by atoms with Gasteiger partial charge in [-0.25, -0.2) is 4.98 Å². The SMILES string of the molecule is CNCCC[C@H](C)COc1cc([C@H]2CCNC2)nc(/C(N)=C2\CCC[C@@]3(CCCCC3=O)C2=O)n1. The van der Waals surface area contributed by atoms with Gasteiger partial charge < -0.3 is 21.1 Å². The van der Waals surface area contributed by atoms with Crippen LogP contribution in [0.3, 0.4) is 0 Å².